The second kappa shape index (κ2) is 10.4. The first kappa shape index (κ1) is 22.1. The van der Waals surface area contributed by atoms with Gasteiger partial charge in [-0.2, -0.15) is 5.10 Å². The molecule has 0 unspecified atom stereocenters. The van der Waals surface area contributed by atoms with Crippen molar-refractivity contribution in [2.24, 2.45) is 5.10 Å². The molecule has 1 fully saturated rings. The number of hydrogen-bond acceptors (Lipinski definition) is 4. The van der Waals surface area contributed by atoms with E-state index in [4.69, 9.17) is 28.6 Å². The Bertz CT molecular complexity index is 941. The van der Waals surface area contributed by atoms with Crippen molar-refractivity contribution >= 4 is 46.2 Å². The van der Waals surface area contributed by atoms with E-state index in [1.165, 1.54) is 0 Å². The molecular formula is C22H25ClN4O2S. The first-order valence-electron chi connectivity index (χ1n) is 9.81. The molecule has 1 aliphatic heterocycles. The molecule has 6 nitrogen and oxygen atoms in total. The van der Waals surface area contributed by atoms with Crippen LogP contribution >= 0.6 is 23.8 Å². The molecule has 2 aromatic carbocycles. The predicted octanol–water partition coefficient (Wildman–Crippen LogP) is 4.36. The van der Waals surface area contributed by atoms with E-state index in [0.717, 1.165) is 48.5 Å². The molecule has 1 saturated heterocycles. The van der Waals surface area contributed by atoms with E-state index in [1.54, 1.807) is 0 Å². The van der Waals surface area contributed by atoms with Gasteiger partial charge in [0.25, 0.3) is 5.91 Å². The summed E-state index contributed by atoms with van der Waals surface area (Å²) in [6, 6.07) is 13.0. The lowest BCUT2D eigenvalue weighted by Gasteiger charge is -2.15. The molecular weight excluding hydrogens is 420 g/mol. The molecule has 0 spiro atoms. The Balaban J connectivity index is 1.51. The highest BCUT2D eigenvalue weighted by molar-refractivity contribution is 7.80. The van der Waals surface area contributed by atoms with E-state index in [2.05, 4.69) is 15.8 Å². The quantitative estimate of drug-likeness (QED) is 0.393. The molecule has 158 valence electrons. The van der Waals surface area contributed by atoms with Crippen LogP contribution in [0.1, 0.15) is 30.9 Å². The molecule has 3 rings (SSSR count). The summed E-state index contributed by atoms with van der Waals surface area (Å²) in [5.74, 6) is 0.690. The maximum absolute atomic E-state index is 12.1. The second-order valence-electron chi connectivity index (χ2n) is 7.08. The van der Waals surface area contributed by atoms with Crippen molar-refractivity contribution in [3.63, 3.8) is 0 Å². The van der Waals surface area contributed by atoms with Crippen LogP contribution in [0.5, 0.6) is 5.75 Å². The minimum Gasteiger partial charge on any atom is -0.484 e. The summed E-state index contributed by atoms with van der Waals surface area (Å²) in [6.07, 6.45) is 2.15. The van der Waals surface area contributed by atoms with Crippen LogP contribution in [0.4, 0.5) is 5.69 Å². The van der Waals surface area contributed by atoms with Crippen LogP contribution in [0.25, 0.3) is 0 Å². The van der Waals surface area contributed by atoms with Gasteiger partial charge in [-0.15, -0.1) is 0 Å². The molecule has 0 radical (unpaired) electrons. The van der Waals surface area contributed by atoms with E-state index in [-0.39, 0.29) is 12.5 Å². The van der Waals surface area contributed by atoms with E-state index in [0.29, 0.717) is 15.9 Å². The molecule has 8 heteroatoms. The number of anilines is 1. The Morgan fingerprint density at radius 3 is 2.60 bits per heavy atom. The van der Waals surface area contributed by atoms with E-state index < -0.39 is 0 Å². The number of nitrogens with one attached hydrogen (secondary N) is 2. The van der Waals surface area contributed by atoms with Crippen molar-refractivity contribution < 1.29 is 9.53 Å². The number of rotatable bonds is 6. The van der Waals surface area contributed by atoms with Gasteiger partial charge in [0.05, 0.1) is 5.71 Å². The molecule has 30 heavy (non-hydrogen) atoms. The van der Waals surface area contributed by atoms with Crippen molar-refractivity contribution in [1.82, 2.24) is 10.3 Å². The minimum atomic E-state index is 0.0365. The first-order chi connectivity index (χ1) is 14.4. The summed E-state index contributed by atoms with van der Waals surface area (Å²) in [6.45, 7) is 5.53. The summed E-state index contributed by atoms with van der Waals surface area (Å²) >= 11 is 11.4. The van der Waals surface area contributed by atoms with Crippen LogP contribution < -0.4 is 15.5 Å². The largest absolute Gasteiger partial charge is 0.484 e. The first-order valence-corrected chi connectivity index (χ1v) is 10.6. The average Bonchev–Trinajstić information content (AvgIpc) is 3.29. The number of halogens is 1. The molecule has 1 aliphatic rings. The third kappa shape index (κ3) is 5.93. The van der Waals surface area contributed by atoms with Gasteiger partial charge in [-0.3, -0.25) is 10.2 Å². The standard InChI is InChI=1S/C22H25ClN4O2S/c1-15-19(23)6-5-7-20(15)24-22(30)26-25-16(2)17-8-10-18(11-9-17)29-14-21(28)27-12-3-4-13-27/h5-11H,3-4,12-14H2,1-2H3,(H2,24,26,30)/b25-16-. The van der Waals surface area contributed by atoms with Crippen molar-refractivity contribution in [1.29, 1.82) is 0 Å². The number of carbonyl (C=O) groups is 1. The smallest absolute Gasteiger partial charge is 0.260 e. The highest BCUT2D eigenvalue weighted by Gasteiger charge is 2.18. The molecule has 2 N–H and O–H groups in total. The van der Waals surface area contributed by atoms with Gasteiger partial charge in [-0.1, -0.05) is 17.7 Å². The third-order valence-corrected chi connectivity index (χ3v) is 5.54. The zero-order chi connectivity index (χ0) is 21.5. The van der Waals surface area contributed by atoms with E-state index in [1.807, 2.05) is 61.2 Å². The van der Waals surface area contributed by atoms with Gasteiger partial charge in [-0.05, 0) is 86.4 Å². The number of benzene rings is 2. The van der Waals surface area contributed by atoms with Gasteiger partial charge in [0.15, 0.2) is 11.7 Å². The Morgan fingerprint density at radius 2 is 1.90 bits per heavy atom. The highest BCUT2D eigenvalue weighted by atomic mass is 35.5. The Hall–Kier alpha value is -2.64. The Kier molecular flexibility index (Phi) is 7.65. The van der Waals surface area contributed by atoms with Gasteiger partial charge in [0.2, 0.25) is 0 Å². The van der Waals surface area contributed by atoms with Crippen molar-refractivity contribution in [3.8, 4) is 5.75 Å². The molecule has 0 saturated carbocycles. The van der Waals surface area contributed by atoms with Crippen molar-refractivity contribution in [2.45, 2.75) is 26.7 Å². The molecule has 0 atom stereocenters. The van der Waals surface area contributed by atoms with E-state index in [9.17, 15) is 4.79 Å². The SMILES string of the molecule is C/C(=N/NC(=S)Nc1cccc(Cl)c1C)c1ccc(OCC(=O)N2CCCC2)cc1. The number of nitrogens with zero attached hydrogens (tertiary/aromatic N) is 2. The highest BCUT2D eigenvalue weighted by Crippen LogP contribution is 2.22. The summed E-state index contributed by atoms with van der Waals surface area (Å²) in [7, 11) is 0. The Morgan fingerprint density at radius 1 is 1.20 bits per heavy atom. The van der Waals surface area contributed by atoms with Gasteiger partial charge in [0.1, 0.15) is 5.75 Å². The fourth-order valence-electron chi connectivity index (χ4n) is 3.09. The lowest BCUT2D eigenvalue weighted by atomic mass is 10.1. The second-order valence-corrected chi connectivity index (χ2v) is 7.89. The van der Waals surface area contributed by atoms with Gasteiger partial charge < -0.3 is 15.0 Å². The molecule has 1 amide bonds. The Labute approximate surface area is 187 Å². The fraction of sp³-hybridized carbons (Fsp3) is 0.318. The van der Waals surface area contributed by atoms with Gasteiger partial charge in [-0.25, -0.2) is 0 Å². The molecule has 0 bridgehead atoms. The topological polar surface area (TPSA) is 66.0 Å². The van der Waals surface area contributed by atoms with Gasteiger partial charge >= 0.3 is 0 Å². The number of hydrazone groups is 1. The number of carbonyl (C=O) groups excluding carboxylic acids is 1. The molecule has 0 aromatic heterocycles. The summed E-state index contributed by atoms with van der Waals surface area (Å²) in [4.78, 5) is 13.9. The number of ether oxygens (including phenoxy) is 1. The fourth-order valence-corrected chi connectivity index (χ4v) is 3.42. The zero-order valence-corrected chi connectivity index (χ0v) is 18.6. The lowest BCUT2D eigenvalue weighted by Crippen LogP contribution is -2.32. The minimum absolute atomic E-state index is 0.0365. The monoisotopic (exact) mass is 444 g/mol. The van der Waals surface area contributed by atoms with Crippen LogP contribution in [-0.2, 0) is 4.79 Å². The maximum atomic E-state index is 12.1. The van der Waals surface area contributed by atoms with Gasteiger partial charge in [0, 0.05) is 23.8 Å². The normalized spacial score (nSPS) is 13.8. The summed E-state index contributed by atoms with van der Waals surface area (Å²) < 4.78 is 5.61. The average molecular weight is 445 g/mol. The summed E-state index contributed by atoms with van der Waals surface area (Å²) in [5.41, 5.74) is 6.28. The van der Waals surface area contributed by atoms with Crippen LogP contribution in [0.2, 0.25) is 5.02 Å². The number of likely N-dealkylation sites (tertiary alicyclic amines) is 1. The number of hydrogen-bond donors (Lipinski definition) is 2. The van der Waals surface area contributed by atoms with E-state index >= 15 is 0 Å². The van der Waals surface area contributed by atoms with Crippen LogP contribution in [0.15, 0.2) is 47.6 Å². The maximum Gasteiger partial charge on any atom is 0.260 e. The molecule has 2 aromatic rings. The third-order valence-electron chi connectivity index (χ3n) is 4.93. The zero-order valence-electron chi connectivity index (χ0n) is 17.1. The van der Waals surface area contributed by atoms with Crippen LogP contribution in [-0.4, -0.2) is 41.3 Å². The predicted molar refractivity (Wildman–Crippen MR) is 126 cm³/mol. The van der Waals surface area contributed by atoms with Crippen molar-refractivity contribution in [2.75, 3.05) is 25.0 Å². The van der Waals surface area contributed by atoms with Crippen LogP contribution in [0, 0.1) is 6.92 Å². The molecule has 1 heterocycles. The van der Waals surface area contributed by atoms with Crippen molar-refractivity contribution in [3.05, 3.63) is 58.6 Å². The summed E-state index contributed by atoms with van der Waals surface area (Å²) in [5, 5.41) is 8.47. The number of thiocarbonyl (C=S) groups is 1. The lowest BCUT2D eigenvalue weighted by molar-refractivity contribution is -0.132. The van der Waals surface area contributed by atoms with Crippen LogP contribution in [0.3, 0.4) is 0 Å². The molecule has 0 aliphatic carbocycles. The number of amides is 1.